The molecule has 0 bridgehead atoms. The van der Waals surface area contributed by atoms with Crippen LogP contribution < -0.4 is 4.74 Å². The van der Waals surface area contributed by atoms with Crippen LogP contribution in [0.25, 0.3) is 0 Å². The van der Waals surface area contributed by atoms with E-state index < -0.39 is 4.92 Å². The number of hydrogen-bond acceptors (Lipinski definition) is 5. The molecular formula is C20H22ClN3O4. The molecule has 28 heavy (non-hydrogen) atoms. The summed E-state index contributed by atoms with van der Waals surface area (Å²) in [5, 5.41) is 11.8. The van der Waals surface area contributed by atoms with Crippen molar-refractivity contribution in [3.63, 3.8) is 0 Å². The van der Waals surface area contributed by atoms with E-state index in [9.17, 15) is 14.9 Å². The van der Waals surface area contributed by atoms with Gasteiger partial charge in [0.15, 0.2) is 0 Å². The summed E-state index contributed by atoms with van der Waals surface area (Å²) < 4.78 is 5.71. The lowest BCUT2D eigenvalue weighted by Crippen LogP contribution is -2.49. The number of amides is 1. The number of carbonyl (C=O) groups excluding carboxylic acids is 1. The monoisotopic (exact) mass is 403 g/mol. The zero-order valence-electron chi connectivity index (χ0n) is 15.6. The number of carbonyl (C=O) groups is 1. The Morgan fingerprint density at radius 3 is 2.46 bits per heavy atom. The number of nitro benzene ring substituents is 1. The maximum absolute atomic E-state index is 12.8. The molecule has 1 fully saturated rings. The van der Waals surface area contributed by atoms with Crippen LogP contribution in [-0.2, 0) is 0 Å². The molecule has 1 aliphatic heterocycles. The van der Waals surface area contributed by atoms with Gasteiger partial charge in [0.05, 0.1) is 4.92 Å². The first-order valence-electron chi connectivity index (χ1n) is 9.09. The Hall–Kier alpha value is -2.64. The second-order valence-electron chi connectivity index (χ2n) is 6.64. The van der Waals surface area contributed by atoms with E-state index in [2.05, 4.69) is 4.90 Å². The summed E-state index contributed by atoms with van der Waals surface area (Å²) in [6.45, 7) is 5.59. The third kappa shape index (κ3) is 4.79. The molecule has 7 nitrogen and oxygen atoms in total. The topological polar surface area (TPSA) is 75.9 Å². The Morgan fingerprint density at radius 1 is 1.14 bits per heavy atom. The van der Waals surface area contributed by atoms with Gasteiger partial charge in [-0.1, -0.05) is 17.7 Å². The van der Waals surface area contributed by atoms with Crippen LogP contribution >= 0.6 is 11.6 Å². The average Bonchev–Trinajstić information content (AvgIpc) is 2.69. The standard InChI is InChI=1S/C20H22ClN3O4/c1-15-18(3-2-4-19(15)24(26)27)20(25)23-11-9-22(10-12-23)13-14-28-17-7-5-16(21)6-8-17/h2-8H,9-14H2,1H3. The van der Waals surface area contributed by atoms with E-state index in [4.69, 9.17) is 16.3 Å². The minimum atomic E-state index is -0.454. The summed E-state index contributed by atoms with van der Waals surface area (Å²) in [7, 11) is 0. The zero-order chi connectivity index (χ0) is 20.1. The molecule has 2 aromatic rings. The van der Waals surface area contributed by atoms with Gasteiger partial charge in [-0.15, -0.1) is 0 Å². The van der Waals surface area contributed by atoms with Crippen molar-refractivity contribution in [1.82, 2.24) is 9.80 Å². The normalized spacial score (nSPS) is 14.7. The van der Waals surface area contributed by atoms with Gasteiger partial charge in [-0.2, -0.15) is 0 Å². The zero-order valence-corrected chi connectivity index (χ0v) is 16.4. The molecule has 1 aliphatic rings. The average molecular weight is 404 g/mol. The van der Waals surface area contributed by atoms with Crippen molar-refractivity contribution in [2.24, 2.45) is 0 Å². The highest BCUT2D eigenvalue weighted by Crippen LogP contribution is 2.23. The molecule has 2 aromatic carbocycles. The van der Waals surface area contributed by atoms with E-state index in [1.807, 2.05) is 12.1 Å². The molecule has 1 amide bonds. The van der Waals surface area contributed by atoms with E-state index in [1.165, 1.54) is 6.07 Å². The van der Waals surface area contributed by atoms with Crippen molar-refractivity contribution < 1.29 is 14.5 Å². The number of rotatable bonds is 6. The van der Waals surface area contributed by atoms with Crippen molar-refractivity contribution in [3.8, 4) is 5.75 Å². The van der Waals surface area contributed by atoms with Gasteiger partial charge in [0.1, 0.15) is 12.4 Å². The van der Waals surface area contributed by atoms with Crippen molar-refractivity contribution in [1.29, 1.82) is 0 Å². The summed E-state index contributed by atoms with van der Waals surface area (Å²) in [5.74, 6) is 0.623. The molecule has 1 heterocycles. The SMILES string of the molecule is Cc1c(C(=O)N2CCN(CCOc3ccc(Cl)cc3)CC2)cccc1[N+](=O)[O-]. The van der Waals surface area contributed by atoms with Gasteiger partial charge in [-0.3, -0.25) is 19.8 Å². The highest BCUT2D eigenvalue weighted by atomic mass is 35.5. The summed E-state index contributed by atoms with van der Waals surface area (Å²) in [5.41, 5.74) is 0.786. The molecule has 0 aliphatic carbocycles. The molecule has 0 aromatic heterocycles. The van der Waals surface area contributed by atoms with Gasteiger partial charge in [0.25, 0.3) is 11.6 Å². The molecule has 0 unspecified atom stereocenters. The first-order valence-corrected chi connectivity index (χ1v) is 9.47. The predicted octanol–water partition coefficient (Wildman–Crippen LogP) is 3.39. The predicted molar refractivity (Wildman–Crippen MR) is 107 cm³/mol. The first-order chi connectivity index (χ1) is 13.5. The summed E-state index contributed by atoms with van der Waals surface area (Å²) >= 11 is 5.86. The van der Waals surface area contributed by atoms with Crippen LogP contribution in [0.1, 0.15) is 15.9 Å². The van der Waals surface area contributed by atoms with Gasteiger partial charge in [0, 0.05) is 54.9 Å². The molecule has 0 radical (unpaired) electrons. The van der Waals surface area contributed by atoms with Gasteiger partial charge in [-0.05, 0) is 37.3 Å². The fraction of sp³-hybridized carbons (Fsp3) is 0.350. The van der Waals surface area contributed by atoms with E-state index in [0.717, 1.165) is 25.4 Å². The molecule has 0 N–H and O–H groups in total. The minimum absolute atomic E-state index is 0.0242. The Balaban J connectivity index is 1.50. The van der Waals surface area contributed by atoms with Crippen LogP contribution in [0.2, 0.25) is 5.02 Å². The van der Waals surface area contributed by atoms with Gasteiger partial charge in [0.2, 0.25) is 0 Å². The van der Waals surface area contributed by atoms with E-state index >= 15 is 0 Å². The molecule has 3 rings (SSSR count). The van der Waals surface area contributed by atoms with Crippen LogP contribution in [0.4, 0.5) is 5.69 Å². The van der Waals surface area contributed by atoms with Gasteiger partial charge in [-0.25, -0.2) is 0 Å². The number of benzene rings is 2. The minimum Gasteiger partial charge on any atom is -0.492 e. The maximum atomic E-state index is 12.8. The summed E-state index contributed by atoms with van der Waals surface area (Å²) in [6.07, 6.45) is 0. The fourth-order valence-corrected chi connectivity index (χ4v) is 3.35. The number of piperazine rings is 1. The van der Waals surface area contributed by atoms with E-state index in [1.54, 1.807) is 36.1 Å². The Morgan fingerprint density at radius 2 is 1.82 bits per heavy atom. The lowest BCUT2D eigenvalue weighted by molar-refractivity contribution is -0.385. The van der Waals surface area contributed by atoms with Crippen molar-refractivity contribution in [2.75, 3.05) is 39.3 Å². The lowest BCUT2D eigenvalue weighted by Gasteiger charge is -2.34. The Bertz CT molecular complexity index is 849. The molecule has 148 valence electrons. The molecule has 1 saturated heterocycles. The smallest absolute Gasteiger partial charge is 0.273 e. The third-order valence-corrected chi connectivity index (χ3v) is 5.13. The summed E-state index contributed by atoms with van der Waals surface area (Å²) in [4.78, 5) is 27.4. The molecule has 0 saturated carbocycles. The van der Waals surface area contributed by atoms with Gasteiger partial charge < -0.3 is 9.64 Å². The maximum Gasteiger partial charge on any atom is 0.273 e. The first kappa shape index (κ1) is 20.1. The number of nitro groups is 1. The van der Waals surface area contributed by atoms with Crippen molar-refractivity contribution >= 4 is 23.2 Å². The molecule has 0 atom stereocenters. The number of nitrogens with zero attached hydrogens (tertiary/aromatic N) is 3. The van der Waals surface area contributed by atoms with E-state index in [-0.39, 0.29) is 11.6 Å². The van der Waals surface area contributed by atoms with Crippen LogP contribution in [0, 0.1) is 17.0 Å². The highest BCUT2D eigenvalue weighted by Gasteiger charge is 2.25. The van der Waals surface area contributed by atoms with Crippen molar-refractivity contribution in [2.45, 2.75) is 6.92 Å². The number of hydrogen-bond donors (Lipinski definition) is 0. The van der Waals surface area contributed by atoms with Crippen LogP contribution in [0.3, 0.4) is 0 Å². The van der Waals surface area contributed by atoms with Crippen LogP contribution in [0.5, 0.6) is 5.75 Å². The third-order valence-electron chi connectivity index (χ3n) is 4.88. The quantitative estimate of drug-likeness (QED) is 0.545. The molecular weight excluding hydrogens is 382 g/mol. The van der Waals surface area contributed by atoms with Crippen LogP contribution in [-0.4, -0.2) is 60.0 Å². The number of ether oxygens (including phenoxy) is 1. The fourth-order valence-electron chi connectivity index (χ4n) is 3.22. The van der Waals surface area contributed by atoms with Crippen LogP contribution in [0.15, 0.2) is 42.5 Å². The Kier molecular flexibility index (Phi) is 6.49. The lowest BCUT2D eigenvalue weighted by atomic mass is 10.1. The highest BCUT2D eigenvalue weighted by molar-refractivity contribution is 6.30. The second-order valence-corrected chi connectivity index (χ2v) is 7.08. The molecule has 0 spiro atoms. The molecule has 8 heteroatoms. The largest absolute Gasteiger partial charge is 0.492 e. The van der Waals surface area contributed by atoms with Gasteiger partial charge >= 0.3 is 0 Å². The number of halogens is 1. The summed E-state index contributed by atoms with van der Waals surface area (Å²) in [6, 6.07) is 11.9. The van der Waals surface area contributed by atoms with Crippen molar-refractivity contribution in [3.05, 3.63) is 68.7 Å². The van der Waals surface area contributed by atoms with E-state index in [0.29, 0.717) is 35.8 Å². The second kappa shape index (κ2) is 9.03. The Labute approximate surface area is 168 Å².